The quantitative estimate of drug-likeness (QED) is 0.887. The molecule has 114 valence electrons. The van der Waals surface area contributed by atoms with Crippen molar-refractivity contribution in [1.29, 1.82) is 0 Å². The lowest BCUT2D eigenvalue weighted by atomic mass is 9.64. The zero-order chi connectivity index (χ0) is 15.8. The van der Waals surface area contributed by atoms with E-state index in [2.05, 4.69) is 5.32 Å². The fraction of sp³-hybridized carbons (Fsp3) is 0.500. The molecule has 2 N–H and O–H groups in total. The van der Waals surface area contributed by atoms with Crippen molar-refractivity contribution in [1.82, 2.24) is 5.32 Å². The number of nitrogens with one attached hydrogen (secondary N) is 1. The molecule has 5 heteroatoms. The zero-order valence-corrected chi connectivity index (χ0v) is 12.9. The predicted molar refractivity (Wildman–Crippen MR) is 81.2 cm³/mol. The molecule has 1 aliphatic carbocycles. The molecule has 5 nitrogen and oxygen atoms in total. The number of nitrogens with zero attached hydrogens (tertiary/aromatic N) is 1. The molecule has 0 saturated heterocycles. The Morgan fingerprint density at radius 2 is 1.95 bits per heavy atom. The first-order chi connectivity index (χ1) is 9.75. The maximum Gasteiger partial charge on any atom is 0.253 e. The van der Waals surface area contributed by atoms with Crippen molar-refractivity contribution in [2.24, 2.45) is 5.41 Å². The van der Waals surface area contributed by atoms with Gasteiger partial charge in [0.1, 0.15) is 0 Å². The summed E-state index contributed by atoms with van der Waals surface area (Å²) in [5, 5.41) is 12.7. The summed E-state index contributed by atoms with van der Waals surface area (Å²) >= 11 is 0. The fourth-order valence-corrected chi connectivity index (χ4v) is 2.51. The first-order valence-electron chi connectivity index (χ1n) is 7.07. The van der Waals surface area contributed by atoms with Crippen LogP contribution in [0.1, 0.15) is 37.6 Å². The molecule has 2 unspecified atom stereocenters. The topological polar surface area (TPSA) is 69.6 Å². The van der Waals surface area contributed by atoms with Crippen LogP contribution in [0.4, 0.5) is 5.69 Å². The Balaban J connectivity index is 2.19. The summed E-state index contributed by atoms with van der Waals surface area (Å²) in [6.45, 7) is 5.32. The van der Waals surface area contributed by atoms with Gasteiger partial charge in [0.25, 0.3) is 5.91 Å². The van der Waals surface area contributed by atoms with Crippen LogP contribution in [0.15, 0.2) is 24.3 Å². The lowest BCUT2D eigenvalue weighted by molar-refractivity contribution is -0.116. The third-order valence-electron chi connectivity index (χ3n) is 4.50. The highest BCUT2D eigenvalue weighted by molar-refractivity contribution is 6.04. The standard InChI is InChI=1S/C16H22N2O3/c1-10(19)18(4)12-8-6-5-7-11(12)15(21)17-13-9-14(20)16(13,2)3/h5-8,13-14,20H,9H2,1-4H3,(H,17,21). The molecular formula is C16H22N2O3. The van der Waals surface area contributed by atoms with Crippen molar-refractivity contribution in [3.63, 3.8) is 0 Å². The van der Waals surface area contributed by atoms with E-state index in [1.54, 1.807) is 31.3 Å². The average Bonchev–Trinajstić information content (AvgIpc) is 2.45. The smallest absolute Gasteiger partial charge is 0.253 e. The SMILES string of the molecule is CC(=O)N(C)c1ccccc1C(=O)NC1CC(O)C1(C)C. The van der Waals surface area contributed by atoms with E-state index in [1.807, 2.05) is 13.8 Å². The largest absolute Gasteiger partial charge is 0.392 e. The number of carbonyl (C=O) groups is 2. The van der Waals surface area contributed by atoms with E-state index in [0.717, 1.165) is 0 Å². The maximum absolute atomic E-state index is 12.5. The van der Waals surface area contributed by atoms with Crippen LogP contribution in [-0.4, -0.2) is 36.1 Å². The van der Waals surface area contributed by atoms with Crippen LogP contribution in [0.25, 0.3) is 0 Å². The van der Waals surface area contributed by atoms with Gasteiger partial charge >= 0.3 is 0 Å². The number of hydrogen-bond donors (Lipinski definition) is 2. The number of hydrogen-bond acceptors (Lipinski definition) is 3. The number of rotatable bonds is 3. The van der Waals surface area contributed by atoms with Crippen molar-refractivity contribution >= 4 is 17.5 Å². The van der Waals surface area contributed by atoms with Crippen LogP contribution >= 0.6 is 0 Å². The molecule has 1 fully saturated rings. The summed E-state index contributed by atoms with van der Waals surface area (Å²) in [5.74, 6) is -0.349. The highest BCUT2D eigenvalue weighted by Crippen LogP contribution is 2.40. The van der Waals surface area contributed by atoms with Crippen LogP contribution in [0, 0.1) is 5.41 Å². The summed E-state index contributed by atoms with van der Waals surface area (Å²) < 4.78 is 0. The van der Waals surface area contributed by atoms with Crippen LogP contribution in [-0.2, 0) is 4.79 Å². The third-order valence-corrected chi connectivity index (χ3v) is 4.50. The van der Waals surface area contributed by atoms with Gasteiger partial charge in [0.2, 0.25) is 5.91 Å². The molecule has 1 aliphatic rings. The minimum absolute atomic E-state index is 0.0595. The summed E-state index contributed by atoms with van der Waals surface area (Å²) in [5.41, 5.74) is 0.726. The van der Waals surface area contributed by atoms with Crippen molar-refractivity contribution < 1.29 is 14.7 Å². The molecule has 1 saturated carbocycles. The Morgan fingerprint density at radius 1 is 1.33 bits per heavy atom. The van der Waals surface area contributed by atoms with Gasteiger partial charge in [0.05, 0.1) is 17.4 Å². The van der Waals surface area contributed by atoms with Crippen molar-refractivity contribution in [2.45, 2.75) is 39.3 Å². The summed E-state index contributed by atoms with van der Waals surface area (Å²) in [6.07, 6.45) is 0.168. The van der Waals surface area contributed by atoms with E-state index in [0.29, 0.717) is 17.7 Å². The number of anilines is 1. The third kappa shape index (κ3) is 2.78. The number of amides is 2. The Bertz CT molecular complexity index is 568. The molecule has 21 heavy (non-hydrogen) atoms. The van der Waals surface area contributed by atoms with Gasteiger partial charge in [-0.3, -0.25) is 9.59 Å². The first kappa shape index (κ1) is 15.5. The highest BCUT2D eigenvalue weighted by atomic mass is 16.3. The van der Waals surface area contributed by atoms with Gasteiger partial charge in [0.15, 0.2) is 0 Å². The van der Waals surface area contributed by atoms with Gasteiger partial charge in [-0.15, -0.1) is 0 Å². The van der Waals surface area contributed by atoms with Crippen LogP contribution in [0.3, 0.4) is 0 Å². The Hall–Kier alpha value is -1.88. The second kappa shape index (κ2) is 5.48. The molecular weight excluding hydrogens is 268 g/mol. The van der Waals surface area contributed by atoms with Gasteiger partial charge in [0, 0.05) is 25.4 Å². The van der Waals surface area contributed by atoms with Crippen molar-refractivity contribution in [3.05, 3.63) is 29.8 Å². The lowest BCUT2D eigenvalue weighted by Gasteiger charge is -2.49. The maximum atomic E-state index is 12.5. The second-order valence-corrected chi connectivity index (χ2v) is 6.19. The molecule has 0 spiro atoms. The molecule has 2 amide bonds. The Morgan fingerprint density at radius 3 is 2.48 bits per heavy atom. The predicted octanol–water partition coefficient (Wildman–Crippen LogP) is 1.56. The number of benzene rings is 1. The number of aliphatic hydroxyl groups is 1. The molecule has 0 radical (unpaired) electrons. The van der Waals surface area contributed by atoms with E-state index in [4.69, 9.17) is 0 Å². The van der Waals surface area contributed by atoms with Gasteiger partial charge < -0.3 is 15.3 Å². The molecule has 2 rings (SSSR count). The number of para-hydroxylation sites is 1. The number of carbonyl (C=O) groups excluding carboxylic acids is 2. The van der Waals surface area contributed by atoms with Crippen LogP contribution in [0.2, 0.25) is 0 Å². The molecule has 0 aromatic heterocycles. The Kier molecular flexibility index (Phi) is 4.05. The lowest BCUT2D eigenvalue weighted by Crippen LogP contribution is -2.61. The minimum Gasteiger partial charge on any atom is -0.392 e. The molecule has 1 aromatic rings. The van der Waals surface area contributed by atoms with E-state index in [-0.39, 0.29) is 23.3 Å². The fourth-order valence-electron chi connectivity index (χ4n) is 2.51. The molecule has 1 aromatic carbocycles. The van der Waals surface area contributed by atoms with Gasteiger partial charge in [-0.1, -0.05) is 26.0 Å². The minimum atomic E-state index is -0.391. The van der Waals surface area contributed by atoms with E-state index in [1.165, 1.54) is 11.8 Å². The monoisotopic (exact) mass is 290 g/mol. The van der Waals surface area contributed by atoms with Crippen molar-refractivity contribution in [2.75, 3.05) is 11.9 Å². The van der Waals surface area contributed by atoms with E-state index < -0.39 is 6.10 Å². The van der Waals surface area contributed by atoms with E-state index in [9.17, 15) is 14.7 Å². The summed E-state index contributed by atoms with van der Waals surface area (Å²) in [6, 6.07) is 6.95. The molecule has 2 atom stereocenters. The molecule has 0 heterocycles. The van der Waals surface area contributed by atoms with Gasteiger partial charge in [-0.25, -0.2) is 0 Å². The summed E-state index contributed by atoms with van der Waals surface area (Å²) in [7, 11) is 1.64. The zero-order valence-electron chi connectivity index (χ0n) is 12.9. The number of aliphatic hydroxyl groups excluding tert-OH is 1. The molecule has 0 aliphatic heterocycles. The van der Waals surface area contributed by atoms with Gasteiger partial charge in [-0.05, 0) is 18.6 Å². The van der Waals surface area contributed by atoms with Crippen molar-refractivity contribution in [3.8, 4) is 0 Å². The summed E-state index contributed by atoms with van der Waals surface area (Å²) in [4.78, 5) is 25.4. The van der Waals surface area contributed by atoms with Crippen LogP contribution in [0.5, 0.6) is 0 Å². The normalized spacial score (nSPS) is 23.1. The van der Waals surface area contributed by atoms with E-state index >= 15 is 0 Å². The average molecular weight is 290 g/mol. The second-order valence-electron chi connectivity index (χ2n) is 6.19. The molecule has 0 bridgehead atoms. The van der Waals surface area contributed by atoms with Gasteiger partial charge in [-0.2, -0.15) is 0 Å². The first-order valence-corrected chi connectivity index (χ1v) is 7.07. The van der Waals surface area contributed by atoms with Crippen LogP contribution < -0.4 is 10.2 Å². The Labute approximate surface area is 125 Å². The highest BCUT2D eigenvalue weighted by Gasteiger charge is 2.48.